The molecule has 0 spiro atoms. The van der Waals surface area contributed by atoms with Gasteiger partial charge in [-0.1, -0.05) is 66.7 Å². The molecule has 0 saturated heterocycles. The molecule has 2 nitrogen and oxygen atoms in total. The molecule has 0 aliphatic heterocycles. The van der Waals surface area contributed by atoms with Crippen molar-refractivity contribution in [1.29, 1.82) is 0 Å². The molecule has 0 saturated carbocycles. The first-order valence-corrected chi connectivity index (χ1v) is 10.6. The predicted octanol–water partition coefficient (Wildman–Crippen LogP) is 6.07. The molecule has 1 unspecified atom stereocenters. The van der Waals surface area contributed by atoms with Crippen LogP contribution in [0.25, 0.3) is 32.6 Å². The van der Waals surface area contributed by atoms with Crippen LogP contribution in [-0.2, 0) is 6.54 Å². The highest BCUT2D eigenvalue weighted by molar-refractivity contribution is 7.99. The Morgan fingerprint density at radius 2 is 1.32 bits per heavy atom. The maximum absolute atomic E-state index is 6.57. The second-order valence-electron chi connectivity index (χ2n) is 7.22. The number of fused-ring (bicyclic) bond motifs is 4. The molecular formula is C25H22N2S. The molecule has 1 aromatic heterocycles. The van der Waals surface area contributed by atoms with E-state index in [0.717, 1.165) is 12.3 Å². The minimum atomic E-state index is 0.0793. The van der Waals surface area contributed by atoms with Crippen molar-refractivity contribution in [3.63, 3.8) is 0 Å². The number of hydrogen-bond donors (Lipinski definition) is 1. The standard InChI is InChI=1S/C25H22N2S/c26-20(17-28-21-14-13-18-7-1-2-8-19(18)15-21)16-27-24-11-5-3-9-22(24)23-10-4-6-12-25(23)27/h1-15,20H,16-17,26H2. The number of hydrogen-bond acceptors (Lipinski definition) is 2. The summed E-state index contributed by atoms with van der Waals surface area (Å²) in [4.78, 5) is 1.27. The van der Waals surface area contributed by atoms with Gasteiger partial charge >= 0.3 is 0 Å². The van der Waals surface area contributed by atoms with Crippen LogP contribution < -0.4 is 5.73 Å². The molecular weight excluding hydrogens is 360 g/mol. The van der Waals surface area contributed by atoms with E-state index in [1.807, 2.05) is 11.8 Å². The lowest BCUT2D eigenvalue weighted by Gasteiger charge is -2.15. The topological polar surface area (TPSA) is 30.9 Å². The van der Waals surface area contributed by atoms with Crippen molar-refractivity contribution < 1.29 is 0 Å². The van der Waals surface area contributed by atoms with Crippen LogP contribution in [0.5, 0.6) is 0 Å². The molecule has 1 atom stereocenters. The summed E-state index contributed by atoms with van der Waals surface area (Å²) in [5.41, 5.74) is 9.08. The van der Waals surface area contributed by atoms with Gasteiger partial charge in [-0.3, -0.25) is 0 Å². The summed E-state index contributed by atoms with van der Waals surface area (Å²) >= 11 is 1.84. The highest BCUT2D eigenvalue weighted by atomic mass is 32.2. The Morgan fingerprint density at radius 3 is 2.04 bits per heavy atom. The fourth-order valence-electron chi connectivity index (χ4n) is 3.95. The summed E-state index contributed by atoms with van der Waals surface area (Å²) in [5.74, 6) is 0.888. The average molecular weight is 383 g/mol. The zero-order valence-corrected chi connectivity index (χ0v) is 16.4. The van der Waals surface area contributed by atoms with Gasteiger partial charge in [0.15, 0.2) is 0 Å². The lowest BCUT2D eigenvalue weighted by molar-refractivity contribution is 0.625. The van der Waals surface area contributed by atoms with E-state index in [0.29, 0.717) is 0 Å². The highest BCUT2D eigenvalue weighted by Gasteiger charge is 2.13. The van der Waals surface area contributed by atoms with E-state index < -0.39 is 0 Å². The van der Waals surface area contributed by atoms with Gasteiger partial charge in [-0.05, 0) is 35.0 Å². The first kappa shape index (κ1) is 17.4. The number of nitrogens with zero attached hydrogens (tertiary/aromatic N) is 1. The molecule has 0 aliphatic rings. The number of rotatable bonds is 5. The van der Waals surface area contributed by atoms with Crippen LogP contribution in [0.4, 0.5) is 0 Å². The zero-order chi connectivity index (χ0) is 18.9. The molecule has 5 aromatic rings. The van der Waals surface area contributed by atoms with E-state index >= 15 is 0 Å². The van der Waals surface area contributed by atoms with Crippen molar-refractivity contribution in [1.82, 2.24) is 4.57 Å². The van der Waals surface area contributed by atoms with Crippen molar-refractivity contribution in [2.45, 2.75) is 17.5 Å². The second-order valence-corrected chi connectivity index (χ2v) is 8.32. The number of thioether (sulfide) groups is 1. The van der Waals surface area contributed by atoms with E-state index in [9.17, 15) is 0 Å². The van der Waals surface area contributed by atoms with E-state index in [2.05, 4.69) is 95.6 Å². The summed E-state index contributed by atoms with van der Waals surface area (Å²) in [6.07, 6.45) is 0. The fourth-order valence-corrected chi connectivity index (χ4v) is 4.83. The molecule has 0 fully saturated rings. The van der Waals surface area contributed by atoms with Gasteiger partial charge in [0.05, 0.1) is 0 Å². The Labute approximate surface area is 169 Å². The molecule has 2 N–H and O–H groups in total. The monoisotopic (exact) mass is 382 g/mol. The van der Waals surface area contributed by atoms with Gasteiger partial charge in [-0.25, -0.2) is 0 Å². The van der Waals surface area contributed by atoms with E-state index in [1.165, 1.54) is 37.5 Å². The lowest BCUT2D eigenvalue weighted by atomic mass is 10.1. The van der Waals surface area contributed by atoms with Crippen LogP contribution in [0.2, 0.25) is 0 Å². The minimum Gasteiger partial charge on any atom is -0.339 e. The van der Waals surface area contributed by atoms with Crippen LogP contribution >= 0.6 is 11.8 Å². The van der Waals surface area contributed by atoms with Crippen LogP contribution in [0.3, 0.4) is 0 Å². The largest absolute Gasteiger partial charge is 0.339 e. The first-order chi connectivity index (χ1) is 13.8. The van der Waals surface area contributed by atoms with Crippen molar-refractivity contribution in [3.8, 4) is 0 Å². The SMILES string of the molecule is NC(CSc1ccc2ccccc2c1)Cn1c2ccccc2c2ccccc21. The molecule has 5 rings (SSSR count). The van der Waals surface area contributed by atoms with Crippen molar-refractivity contribution in [3.05, 3.63) is 91.0 Å². The molecule has 0 amide bonds. The molecule has 28 heavy (non-hydrogen) atoms. The number of benzene rings is 4. The summed E-state index contributed by atoms with van der Waals surface area (Å²) in [6.45, 7) is 0.814. The Kier molecular flexibility index (Phi) is 4.55. The molecule has 0 radical (unpaired) electrons. The van der Waals surface area contributed by atoms with Crippen molar-refractivity contribution >= 4 is 44.3 Å². The molecule has 3 heteroatoms. The minimum absolute atomic E-state index is 0.0793. The molecule has 1 heterocycles. The van der Waals surface area contributed by atoms with Gasteiger partial charge in [0.2, 0.25) is 0 Å². The summed E-state index contributed by atoms with van der Waals surface area (Å²) in [7, 11) is 0. The predicted molar refractivity (Wildman–Crippen MR) is 122 cm³/mol. The van der Waals surface area contributed by atoms with E-state index in [4.69, 9.17) is 5.73 Å². The third-order valence-corrected chi connectivity index (χ3v) is 6.46. The maximum atomic E-state index is 6.57. The second kappa shape index (κ2) is 7.34. The van der Waals surface area contributed by atoms with Gasteiger partial charge < -0.3 is 10.3 Å². The Hall–Kier alpha value is -2.75. The third kappa shape index (κ3) is 3.17. The van der Waals surface area contributed by atoms with Crippen LogP contribution in [0.15, 0.2) is 95.9 Å². The molecule has 0 bridgehead atoms. The van der Waals surface area contributed by atoms with Crippen molar-refractivity contribution in [2.24, 2.45) is 5.73 Å². The summed E-state index contributed by atoms with van der Waals surface area (Å²) < 4.78 is 2.37. The van der Waals surface area contributed by atoms with E-state index in [1.54, 1.807) is 0 Å². The first-order valence-electron chi connectivity index (χ1n) is 9.63. The van der Waals surface area contributed by atoms with Gasteiger partial charge in [-0.2, -0.15) is 0 Å². The number of para-hydroxylation sites is 2. The number of aromatic nitrogens is 1. The zero-order valence-electron chi connectivity index (χ0n) is 15.6. The van der Waals surface area contributed by atoms with Crippen LogP contribution in [-0.4, -0.2) is 16.4 Å². The average Bonchev–Trinajstić information content (AvgIpc) is 3.06. The molecule has 138 valence electrons. The fraction of sp³-hybridized carbons (Fsp3) is 0.120. The Morgan fingerprint density at radius 1 is 0.714 bits per heavy atom. The Balaban J connectivity index is 1.38. The molecule has 4 aromatic carbocycles. The normalized spacial score (nSPS) is 12.8. The van der Waals surface area contributed by atoms with Gasteiger partial charge in [0, 0.05) is 45.0 Å². The molecule has 0 aliphatic carbocycles. The Bertz CT molecular complexity index is 1220. The number of nitrogens with two attached hydrogens (primary N) is 1. The van der Waals surface area contributed by atoms with E-state index in [-0.39, 0.29) is 6.04 Å². The smallest absolute Gasteiger partial charge is 0.0491 e. The van der Waals surface area contributed by atoms with Gasteiger partial charge in [0.25, 0.3) is 0 Å². The third-order valence-electron chi connectivity index (χ3n) is 5.28. The van der Waals surface area contributed by atoms with Crippen LogP contribution in [0.1, 0.15) is 0 Å². The highest BCUT2D eigenvalue weighted by Crippen LogP contribution is 2.29. The summed E-state index contributed by atoms with van der Waals surface area (Å²) in [6, 6.07) is 32.4. The van der Waals surface area contributed by atoms with Crippen LogP contribution in [0, 0.1) is 0 Å². The van der Waals surface area contributed by atoms with Gasteiger partial charge in [0.1, 0.15) is 0 Å². The van der Waals surface area contributed by atoms with Crippen molar-refractivity contribution in [2.75, 3.05) is 5.75 Å². The lowest BCUT2D eigenvalue weighted by Crippen LogP contribution is -2.28. The summed E-state index contributed by atoms with van der Waals surface area (Å²) in [5, 5.41) is 5.16. The quantitative estimate of drug-likeness (QED) is 0.374. The van der Waals surface area contributed by atoms with Gasteiger partial charge in [-0.15, -0.1) is 11.8 Å². The maximum Gasteiger partial charge on any atom is 0.0491 e.